The Labute approximate surface area is 115 Å². The summed E-state index contributed by atoms with van der Waals surface area (Å²) in [6.45, 7) is 0. The number of hydrogen-bond donors (Lipinski definition) is 3. The molecule has 2 aromatic heterocycles. The molecule has 0 aliphatic carbocycles. The lowest BCUT2D eigenvalue weighted by molar-refractivity contribution is -0.133. The lowest BCUT2D eigenvalue weighted by atomic mass is 9.86. The standard InChI is InChI=1S/C15H13N3O2/c16-14(19)15(20,11-4-2-1-3-5-11)12-8-10-6-7-17-13(10)18-9-12/h1-9,20H,(H2,16,19)(H,17,18). The molecule has 0 bridgehead atoms. The highest BCUT2D eigenvalue weighted by molar-refractivity contribution is 5.90. The zero-order valence-corrected chi connectivity index (χ0v) is 10.6. The zero-order chi connectivity index (χ0) is 14.2. The third kappa shape index (κ3) is 1.76. The van der Waals surface area contributed by atoms with Gasteiger partial charge in [0.2, 0.25) is 0 Å². The Bertz CT molecular complexity index is 767. The van der Waals surface area contributed by atoms with Crippen LogP contribution in [0.1, 0.15) is 11.1 Å². The fraction of sp³-hybridized carbons (Fsp3) is 0.0667. The number of nitrogens with two attached hydrogens (primary N) is 1. The number of amides is 1. The molecule has 5 heteroatoms. The zero-order valence-electron chi connectivity index (χ0n) is 10.6. The molecule has 1 amide bonds. The van der Waals surface area contributed by atoms with Crippen LogP contribution in [-0.4, -0.2) is 21.0 Å². The van der Waals surface area contributed by atoms with Crippen LogP contribution in [0.3, 0.4) is 0 Å². The minimum atomic E-state index is -1.89. The van der Waals surface area contributed by atoms with Crippen LogP contribution in [0, 0.1) is 0 Å². The van der Waals surface area contributed by atoms with Crippen LogP contribution in [0.5, 0.6) is 0 Å². The molecular weight excluding hydrogens is 254 g/mol. The van der Waals surface area contributed by atoms with E-state index < -0.39 is 11.5 Å². The number of benzene rings is 1. The maximum Gasteiger partial charge on any atom is 0.258 e. The van der Waals surface area contributed by atoms with E-state index in [9.17, 15) is 9.90 Å². The van der Waals surface area contributed by atoms with E-state index >= 15 is 0 Å². The predicted octanol–water partition coefficient (Wildman–Crippen LogP) is 1.28. The third-order valence-corrected chi connectivity index (χ3v) is 3.37. The molecular formula is C15H13N3O2. The second-order valence-electron chi connectivity index (χ2n) is 4.58. The van der Waals surface area contributed by atoms with Crippen LogP contribution in [-0.2, 0) is 10.4 Å². The molecule has 0 aliphatic heterocycles. The average Bonchev–Trinajstić information content (AvgIpc) is 2.94. The van der Waals surface area contributed by atoms with Crippen molar-refractivity contribution in [2.45, 2.75) is 5.60 Å². The Hall–Kier alpha value is -2.66. The lowest BCUT2D eigenvalue weighted by Crippen LogP contribution is -2.42. The summed E-state index contributed by atoms with van der Waals surface area (Å²) in [6.07, 6.45) is 3.20. The summed E-state index contributed by atoms with van der Waals surface area (Å²) in [6, 6.07) is 12.1. The van der Waals surface area contributed by atoms with Gasteiger partial charge in [-0.25, -0.2) is 4.98 Å². The Morgan fingerprint density at radius 3 is 2.65 bits per heavy atom. The van der Waals surface area contributed by atoms with Crippen LogP contribution in [0.2, 0.25) is 0 Å². The summed E-state index contributed by atoms with van der Waals surface area (Å²) in [5, 5.41) is 11.6. The highest BCUT2D eigenvalue weighted by atomic mass is 16.3. The highest BCUT2D eigenvalue weighted by Crippen LogP contribution is 2.30. The first-order valence-electron chi connectivity index (χ1n) is 6.14. The SMILES string of the molecule is NC(=O)C(O)(c1ccccc1)c1cnc2[nH]ccc2c1. The number of carbonyl (C=O) groups excluding carboxylic acids is 1. The number of hydrogen-bond acceptors (Lipinski definition) is 3. The van der Waals surface area contributed by atoms with Crippen LogP contribution < -0.4 is 5.73 Å². The highest BCUT2D eigenvalue weighted by Gasteiger charge is 2.38. The van der Waals surface area contributed by atoms with Crippen LogP contribution in [0.4, 0.5) is 0 Å². The van der Waals surface area contributed by atoms with Crippen molar-refractivity contribution in [1.82, 2.24) is 9.97 Å². The van der Waals surface area contributed by atoms with Crippen molar-refractivity contribution in [2.75, 3.05) is 0 Å². The molecule has 0 saturated heterocycles. The summed E-state index contributed by atoms with van der Waals surface area (Å²) in [4.78, 5) is 19.0. The molecule has 1 atom stereocenters. The molecule has 0 fully saturated rings. The second-order valence-corrected chi connectivity index (χ2v) is 4.58. The summed E-state index contributed by atoms with van der Waals surface area (Å²) < 4.78 is 0. The predicted molar refractivity (Wildman–Crippen MR) is 74.7 cm³/mol. The summed E-state index contributed by atoms with van der Waals surface area (Å²) in [5.41, 5.74) is 5.00. The van der Waals surface area contributed by atoms with E-state index in [2.05, 4.69) is 9.97 Å². The van der Waals surface area contributed by atoms with E-state index in [1.54, 1.807) is 42.6 Å². The molecule has 0 aliphatic rings. The van der Waals surface area contributed by atoms with Crippen molar-refractivity contribution in [3.8, 4) is 0 Å². The van der Waals surface area contributed by atoms with Gasteiger partial charge in [-0.05, 0) is 17.7 Å². The minimum absolute atomic E-state index is 0.350. The molecule has 2 heterocycles. The number of primary amides is 1. The minimum Gasteiger partial charge on any atom is -0.372 e. The molecule has 0 spiro atoms. The van der Waals surface area contributed by atoms with Gasteiger partial charge in [-0.1, -0.05) is 30.3 Å². The molecule has 1 aromatic carbocycles. The summed E-state index contributed by atoms with van der Waals surface area (Å²) in [7, 11) is 0. The molecule has 20 heavy (non-hydrogen) atoms. The molecule has 1 unspecified atom stereocenters. The van der Waals surface area contributed by atoms with E-state index in [1.165, 1.54) is 6.20 Å². The lowest BCUT2D eigenvalue weighted by Gasteiger charge is -2.25. The van der Waals surface area contributed by atoms with Gasteiger partial charge in [0.25, 0.3) is 5.91 Å². The van der Waals surface area contributed by atoms with Gasteiger partial charge in [-0.15, -0.1) is 0 Å². The second kappa shape index (κ2) is 4.47. The maximum atomic E-state index is 11.8. The van der Waals surface area contributed by atoms with Crippen molar-refractivity contribution < 1.29 is 9.90 Å². The fourth-order valence-electron chi connectivity index (χ4n) is 2.27. The molecule has 3 aromatic rings. The van der Waals surface area contributed by atoms with E-state index in [-0.39, 0.29) is 0 Å². The molecule has 5 nitrogen and oxygen atoms in total. The number of aliphatic hydroxyl groups is 1. The Kier molecular flexibility index (Phi) is 2.76. The van der Waals surface area contributed by atoms with Gasteiger partial charge in [-0.2, -0.15) is 0 Å². The number of carbonyl (C=O) groups is 1. The first-order valence-corrected chi connectivity index (χ1v) is 6.14. The first-order chi connectivity index (χ1) is 9.62. The average molecular weight is 267 g/mol. The number of aromatic nitrogens is 2. The normalized spacial score (nSPS) is 14.1. The fourth-order valence-corrected chi connectivity index (χ4v) is 2.27. The van der Waals surface area contributed by atoms with Gasteiger partial charge in [0.15, 0.2) is 5.60 Å². The van der Waals surface area contributed by atoms with Gasteiger partial charge in [0, 0.05) is 23.3 Å². The molecule has 100 valence electrons. The quantitative estimate of drug-likeness (QED) is 0.667. The van der Waals surface area contributed by atoms with Gasteiger partial charge < -0.3 is 15.8 Å². The van der Waals surface area contributed by atoms with Crippen molar-refractivity contribution in [3.63, 3.8) is 0 Å². The van der Waals surface area contributed by atoms with Crippen LogP contribution in [0.25, 0.3) is 11.0 Å². The Morgan fingerprint density at radius 1 is 1.20 bits per heavy atom. The molecule has 0 saturated carbocycles. The smallest absolute Gasteiger partial charge is 0.258 e. The summed E-state index contributed by atoms with van der Waals surface area (Å²) >= 11 is 0. The maximum absolute atomic E-state index is 11.8. The van der Waals surface area contributed by atoms with Crippen LogP contribution in [0.15, 0.2) is 54.9 Å². The van der Waals surface area contributed by atoms with E-state index in [0.29, 0.717) is 16.8 Å². The van der Waals surface area contributed by atoms with Crippen molar-refractivity contribution in [2.24, 2.45) is 5.73 Å². The van der Waals surface area contributed by atoms with E-state index in [4.69, 9.17) is 5.73 Å². The first kappa shape index (κ1) is 12.4. The van der Waals surface area contributed by atoms with Gasteiger partial charge in [-0.3, -0.25) is 4.79 Å². The number of nitrogens with one attached hydrogen (secondary N) is 1. The van der Waals surface area contributed by atoms with E-state index in [0.717, 1.165) is 5.39 Å². The van der Waals surface area contributed by atoms with Crippen molar-refractivity contribution in [1.29, 1.82) is 0 Å². The molecule has 0 radical (unpaired) electrons. The van der Waals surface area contributed by atoms with Crippen LogP contribution >= 0.6 is 0 Å². The number of fused-ring (bicyclic) bond motifs is 1. The van der Waals surface area contributed by atoms with Gasteiger partial charge >= 0.3 is 0 Å². The molecule has 4 N–H and O–H groups in total. The van der Waals surface area contributed by atoms with Gasteiger partial charge in [0.1, 0.15) is 5.65 Å². The van der Waals surface area contributed by atoms with Crippen molar-refractivity contribution in [3.05, 3.63) is 66.0 Å². The van der Waals surface area contributed by atoms with Crippen molar-refractivity contribution >= 4 is 16.9 Å². The number of pyridine rings is 1. The number of nitrogens with zero attached hydrogens (tertiary/aromatic N) is 1. The van der Waals surface area contributed by atoms with E-state index in [1.807, 2.05) is 6.07 Å². The van der Waals surface area contributed by atoms with Gasteiger partial charge in [0.05, 0.1) is 0 Å². The third-order valence-electron chi connectivity index (χ3n) is 3.37. The number of rotatable bonds is 3. The largest absolute Gasteiger partial charge is 0.372 e. The Morgan fingerprint density at radius 2 is 1.95 bits per heavy atom. The molecule has 3 rings (SSSR count). The Balaban J connectivity index is 2.22. The number of aromatic amines is 1. The number of H-pyrrole nitrogens is 1. The summed E-state index contributed by atoms with van der Waals surface area (Å²) in [5.74, 6) is -0.833. The topological polar surface area (TPSA) is 92.0 Å². The monoisotopic (exact) mass is 267 g/mol.